The van der Waals surface area contributed by atoms with E-state index in [9.17, 15) is 4.79 Å². The molecule has 3 heteroatoms. The predicted molar refractivity (Wildman–Crippen MR) is 48.8 cm³/mol. The lowest BCUT2D eigenvalue weighted by atomic mass is 10.2. The molecular formula is C10H10O3. The highest BCUT2D eigenvalue weighted by Crippen LogP contribution is 2.17. The summed E-state index contributed by atoms with van der Waals surface area (Å²) in [6.07, 6.45) is 3.14. The molecule has 13 heavy (non-hydrogen) atoms. The lowest BCUT2D eigenvalue weighted by molar-refractivity contribution is 0.0694. The van der Waals surface area contributed by atoms with Crippen LogP contribution in [-0.4, -0.2) is 11.1 Å². The third-order valence-corrected chi connectivity index (χ3v) is 1.45. The minimum Gasteiger partial charge on any atom is -0.478 e. The van der Waals surface area contributed by atoms with Crippen LogP contribution in [0, 0.1) is 0 Å². The van der Waals surface area contributed by atoms with Gasteiger partial charge in [0.25, 0.3) is 0 Å². The fraction of sp³-hybridized carbons (Fsp3) is 0.100. The summed E-state index contributed by atoms with van der Waals surface area (Å²) < 4.78 is 5.09. The average Bonchev–Trinajstić information content (AvgIpc) is 2.15. The zero-order chi connectivity index (χ0) is 9.68. The Kier molecular flexibility index (Phi) is 3.09. The van der Waals surface area contributed by atoms with Crippen LogP contribution in [0.15, 0.2) is 36.6 Å². The fourth-order valence-electron chi connectivity index (χ4n) is 0.887. The molecule has 1 N–H and O–H groups in total. The van der Waals surface area contributed by atoms with Crippen molar-refractivity contribution in [2.24, 2.45) is 0 Å². The number of hydrogen-bond donors (Lipinski definition) is 1. The summed E-state index contributed by atoms with van der Waals surface area (Å²) in [4.78, 5) is 10.7. The standard InChI is InChI=1S/C10H10O3/c1-2-7-13-9-6-4-3-5-8(9)10(11)12/h2-7H,1H3,(H,11,12). The first-order valence-corrected chi connectivity index (χ1v) is 3.86. The van der Waals surface area contributed by atoms with Crippen molar-refractivity contribution in [3.63, 3.8) is 0 Å². The summed E-state index contributed by atoms with van der Waals surface area (Å²) in [6, 6.07) is 6.50. The number of ether oxygens (including phenoxy) is 1. The maximum atomic E-state index is 10.7. The molecule has 0 aliphatic rings. The Morgan fingerprint density at radius 1 is 1.46 bits per heavy atom. The third-order valence-electron chi connectivity index (χ3n) is 1.45. The summed E-state index contributed by atoms with van der Waals surface area (Å²) in [5.74, 6) is -0.631. The molecule has 0 saturated heterocycles. The molecule has 0 unspecified atom stereocenters. The van der Waals surface area contributed by atoms with Gasteiger partial charge in [0.2, 0.25) is 0 Å². The van der Waals surface area contributed by atoms with E-state index in [1.807, 2.05) is 0 Å². The van der Waals surface area contributed by atoms with Gasteiger partial charge in [0.05, 0.1) is 6.26 Å². The van der Waals surface area contributed by atoms with Gasteiger partial charge in [-0.15, -0.1) is 0 Å². The number of carboxylic acids is 1. The molecule has 68 valence electrons. The SMILES string of the molecule is CC=COc1ccccc1C(=O)O. The second-order valence-corrected chi connectivity index (χ2v) is 2.39. The van der Waals surface area contributed by atoms with E-state index < -0.39 is 5.97 Å². The topological polar surface area (TPSA) is 46.5 Å². The lowest BCUT2D eigenvalue weighted by Crippen LogP contribution is -1.98. The number of hydrogen-bond acceptors (Lipinski definition) is 2. The molecule has 1 aromatic rings. The second-order valence-electron chi connectivity index (χ2n) is 2.39. The van der Waals surface area contributed by atoms with E-state index in [0.29, 0.717) is 5.75 Å². The zero-order valence-electron chi connectivity index (χ0n) is 7.23. The molecule has 0 fully saturated rings. The Hall–Kier alpha value is -1.77. The predicted octanol–water partition coefficient (Wildman–Crippen LogP) is 2.30. The van der Waals surface area contributed by atoms with Crippen molar-refractivity contribution in [3.8, 4) is 5.75 Å². The van der Waals surface area contributed by atoms with Gasteiger partial charge in [-0.05, 0) is 19.1 Å². The molecule has 0 radical (unpaired) electrons. The highest BCUT2D eigenvalue weighted by molar-refractivity contribution is 5.90. The van der Waals surface area contributed by atoms with Gasteiger partial charge in [0.15, 0.2) is 0 Å². The molecule has 0 aliphatic heterocycles. The number of rotatable bonds is 3. The molecule has 0 aromatic heterocycles. The minimum atomic E-state index is -0.986. The van der Waals surface area contributed by atoms with Crippen LogP contribution in [0.5, 0.6) is 5.75 Å². The fourth-order valence-corrected chi connectivity index (χ4v) is 0.887. The van der Waals surface area contributed by atoms with Crippen molar-refractivity contribution in [3.05, 3.63) is 42.2 Å². The Labute approximate surface area is 76.3 Å². The molecule has 0 saturated carbocycles. The van der Waals surface area contributed by atoms with Crippen LogP contribution >= 0.6 is 0 Å². The van der Waals surface area contributed by atoms with E-state index in [0.717, 1.165) is 0 Å². The quantitative estimate of drug-likeness (QED) is 0.722. The van der Waals surface area contributed by atoms with Gasteiger partial charge >= 0.3 is 5.97 Å². The molecule has 0 spiro atoms. The Morgan fingerprint density at radius 3 is 2.77 bits per heavy atom. The largest absolute Gasteiger partial charge is 0.478 e. The van der Waals surface area contributed by atoms with E-state index >= 15 is 0 Å². The Morgan fingerprint density at radius 2 is 2.15 bits per heavy atom. The van der Waals surface area contributed by atoms with Crippen molar-refractivity contribution in [1.29, 1.82) is 0 Å². The highest BCUT2D eigenvalue weighted by Gasteiger charge is 2.08. The highest BCUT2D eigenvalue weighted by atomic mass is 16.5. The first kappa shape index (κ1) is 9.32. The molecule has 0 amide bonds. The number of allylic oxidation sites excluding steroid dienone is 1. The van der Waals surface area contributed by atoms with Gasteiger partial charge in [0, 0.05) is 0 Å². The van der Waals surface area contributed by atoms with E-state index in [2.05, 4.69) is 0 Å². The van der Waals surface area contributed by atoms with Gasteiger partial charge in [-0.25, -0.2) is 4.79 Å². The molecule has 0 bridgehead atoms. The van der Waals surface area contributed by atoms with Crippen molar-refractivity contribution in [2.45, 2.75) is 6.92 Å². The lowest BCUT2D eigenvalue weighted by Gasteiger charge is -2.02. The van der Waals surface area contributed by atoms with Crippen LogP contribution < -0.4 is 4.74 Å². The van der Waals surface area contributed by atoms with E-state index in [4.69, 9.17) is 9.84 Å². The molecular weight excluding hydrogens is 168 g/mol. The second kappa shape index (κ2) is 4.30. The van der Waals surface area contributed by atoms with Gasteiger partial charge < -0.3 is 9.84 Å². The van der Waals surface area contributed by atoms with Gasteiger partial charge in [-0.3, -0.25) is 0 Å². The number of carbonyl (C=O) groups is 1. The third kappa shape index (κ3) is 2.33. The van der Waals surface area contributed by atoms with Crippen molar-refractivity contribution < 1.29 is 14.6 Å². The normalized spacial score (nSPS) is 10.2. The van der Waals surface area contributed by atoms with Crippen LogP contribution in [0.1, 0.15) is 17.3 Å². The number of para-hydroxylation sites is 1. The Balaban J connectivity index is 2.97. The van der Waals surface area contributed by atoms with Crippen molar-refractivity contribution in [2.75, 3.05) is 0 Å². The van der Waals surface area contributed by atoms with E-state index in [-0.39, 0.29) is 5.56 Å². The first-order valence-electron chi connectivity index (χ1n) is 3.86. The summed E-state index contributed by atoms with van der Waals surface area (Å²) >= 11 is 0. The molecule has 0 aliphatic carbocycles. The number of aromatic carboxylic acids is 1. The minimum absolute atomic E-state index is 0.167. The number of benzene rings is 1. The van der Waals surface area contributed by atoms with Gasteiger partial charge in [0.1, 0.15) is 11.3 Å². The number of carboxylic acid groups (broad SMARTS) is 1. The molecule has 1 rings (SSSR count). The van der Waals surface area contributed by atoms with Crippen LogP contribution in [0.25, 0.3) is 0 Å². The van der Waals surface area contributed by atoms with Crippen LogP contribution in [0.3, 0.4) is 0 Å². The maximum Gasteiger partial charge on any atom is 0.339 e. The summed E-state index contributed by atoms with van der Waals surface area (Å²) in [5.41, 5.74) is 0.167. The summed E-state index contributed by atoms with van der Waals surface area (Å²) in [5, 5.41) is 8.76. The van der Waals surface area contributed by atoms with Gasteiger partial charge in [-0.2, -0.15) is 0 Å². The zero-order valence-corrected chi connectivity index (χ0v) is 7.23. The average molecular weight is 178 g/mol. The van der Waals surface area contributed by atoms with Crippen LogP contribution in [0.2, 0.25) is 0 Å². The Bertz CT molecular complexity index is 329. The first-order chi connectivity index (χ1) is 6.25. The summed E-state index contributed by atoms with van der Waals surface area (Å²) in [6.45, 7) is 1.80. The van der Waals surface area contributed by atoms with Crippen LogP contribution in [-0.2, 0) is 0 Å². The molecule has 3 nitrogen and oxygen atoms in total. The van der Waals surface area contributed by atoms with E-state index in [1.54, 1.807) is 31.2 Å². The smallest absolute Gasteiger partial charge is 0.339 e. The van der Waals surface area contributed by atoms with Gasteiger partial charge in [-0.1, -0.05) is 18.2 Å². The van der Waals surface area contributed by atoms with Crippen molar-refractivity contribution in [1.82, 2.24) is 0 Å². The molecule has 0 heterocycles. The monoisotopic (exact) mass is 178 g/mol. The molecule has 0 atom stereocenters. The van der Waals surface area contributed by atoms with Crippen molar-refractivity contribution >= 4 is 5.97 Å². The van der Waals surface area contributed by atoms with Crippen LogP contribution in [0.4, 0.5) is 0 Å². The van der Waals surface area contributed by atoms with E-state index in [1.165, 1.54) is 12.3 Å². The summed E-state index contributed by atoms with van der Waals surface area (Å²) in [7, 11) is 0. The molecule has 1 aromatic carbocycles. The maximum absolute atomic E-state index is 10.7.